The Kier molecular flexibility index (Phi) is 5.94. The third-order valence-electron chi connectivity index (χ3n) is 9.41. The molecule has 4 rings (SSSR count). The van der Waals surface area contributed by atoms with Crippen molar-refractivity contribution in [3.63, 3.8) is 0 Å². The average molecular weight is 431 g/mol. The minimum absolute atomic E-state index is 0.0465. The van der Waals surface area contributed by atoms with E-state index in [1.807, 2.05) is 27.7 Å². The fraction of sp³-hybridized carbons (Fsp3) is 0.852. The number of hydrogen-bond acceptors (Lipinski definition) is 4. The molecule has 3 saturated carbocycles. The fourth-order valence-electron chi connectivity index (χ4n) is 7.99. The smallest absolute Gasteiger partial charge is 0.332 e. The second kappa shape index (κ2) is 8.01. The molecule has 0 amide bonds. The number of rotatable bonds is 4. The lowest BCUT2D eigenvalue weighted by Gasteiger charge is -2.58. The summed E-state index contributed by atoms with van der Waals surface area (Å²) in [5.74, 6) is 2.54. The highest BCUT2D eigenvalue weighted by atomic mass is 16.6. The van der Waals surface area contributed by atoms with Gasteiger partial charge in [0.05, 0.1) is 6.10 Å². The van der Waals surface area contributed by atoms with Gasteiger partial charge in [0.1, 0.15) is 18.0 Å². The maximum absolute atomic E-state index is 12.3. The Morgan fingerprint density at radius 3 is 2.48 bits per heavy atom. The van der Waals surface area contributed by atoms with Crippen molar-refractivity contribution in [2.45, 2.75) is 105 Å². The highest BCUT2D eigenvalue weighted by Crippen LogP contribution is 2.66. The zero-order chi connectivity index (χ0) is 22.6. The van der Waals surface area contributed by atoms with Gasteiger partial charge in [-0.3, -0.25) is 4.79 Å². The summed E-state index contributed by atoms with van der Waals surface area (Å²) in [4.78, 5) is 24.4. The summed E-state index contributed by atoms with van der Waals surface area (Å²) in [5.41, 5.74) is 1.55. The second-order valence-corrected chi connectivity index (χ2v) is 12.3. The number of fused-ring (bicyclic) bond motifs is 5. The van der Waals surface area contributed by atoms with E-state index >= 15 is 0 Å². The maximum Gasteiger partial charge on any atom is 0.332 e. The van der Waals surface area contributed by atoms with Crippen LogP contribution in [0.1, 0.15) is 92.9 Å². The van der Waals surface area contributed by atoms with Crippen molar-refractivity contribution in [1.82, 2.24) is 0 Å². The van der Waals surface area contributed by atoms with E-state index in [9.17, 15) is 9.59 Å². The molecule has 7 atom stereocenters. The van der Waals surface area contributed by atoms with Gasteiger partial charge < -0.3 is 9.47 Å². The third-order valence-corrected chi connectivity index (χ3v) is 9.41. The summed E-state index contributed by atoms with van der Waals surface area (Å²) in [5, 5.41) is 0. The first-order chi connectivity index (χ1) is 14.4. The third kappa shape index (κ3) is 4.14. The topological polar surface area (TPSA) is 52.6 Å². The Morgan fingerprint density at radius 2 is 1.81 bits per heavy atom. The van der Waals surface area contributed by atoms with Gasteiger partial charge in [0.25, 0.3) is 0 Å². The van der Waals surface area contributed by atoms with Crippen LogP contribution in [-0.4, -0.2) is 30.1 Å². The van der Waals surface area contributed by atoms with Crippen LogP contribution in [0.4, 0.5) is 0 Å². The minimum atomic E-state index is -0.469. The van der Waals surface area contributed by atoms with Gasteiger partial charge >= 0.3 is 5.97 Å². The molecule has 0 aromatic carbocycles. The normalized spacial score (nSPS) is 42.1. The van der Waals surface area contributed by atoms with E-state index in [0.29, 0.717) is 11.7 Å². The van der Waals surface area contributed by atoms with Crippen LogP contribution in [0.5, 0.6) is 0 Å². The molecule has 0 aromatic rings. The predicted molar refractivity (Wildman–Crippen MR) is 121 cm³/mol. The summed E-state index contributed by atoms with van der Waals surface area (Å²) in [6.45, 7) is 12.4. The molecule has 0 saturated heterocycles. The van der Waals surface area contributed by atoms with Crippen molar-refractivity contribution >= 4 is 11.8 Å². The molecule has 0 heterocycles. The van der Waals surface area contributed by atoms with E-state index in [1.165, 1.54) is 19.3 Å². The zero-order valence-electron chi connectivity index (χ0n) is 20.5. The van der Waals surface area contributed by atoms with Gasteiger partial charge in [-0.05, 0) is 108 Å². The largest absolute Gasteiger partial charge is 0.458 e. The number of Topliss-reactive ketones (excluding diaryl/α,β-unsaturated/α-hetero) is 1. The van der Waals surface area contributed by atoms with Crippen LogP contribution in [0.15, 0.2) is 11.6 Å². The first kappa shape index (κ1) is 23.0. The van der Waals surface area contributed by atoms with Crippen molar-refractivity contribution < 1.29 is 19.1 Å². The molecule has 4 nitrogen and oxygen atoms in total. The molecule has 0 aromatic heterocycles. The van der Waals surface area contributed by atoms with Crippen molar-refractivity contribution in [2.75, 3.05) is 6.61 Å². The Morgan fingerprint density at radius 1 is 1.06 bits per heavy atom. The van der Waals surface area contributed by atoms with E-state index < -0.39 is 5.60 Å². The predicted octanol–water partition coefficient (Wildman–Crippen LogP) is 5.88. The standard InChI is InChI=1S/C27H42O4/c1-17(28)21-9-10-22-20-8-7-18-15-19(30-16-24(29)31-25(2,3)4)11-13-26(18,5)23(20)12-14-27(21,22)6/h7,19-23H,8-16H2,1-6H3/t19?,20?,21?,22?,23?,26-,27+/m0/s1. The van der Waals surface area contributed by atoms with Gasteiger partial charge in [-0.25, -0.2) is 4.79 Å². The summed E-state index contributed by atoms with van der Waals surface area (Å²) in [6, 6.07) is 0. The van der Waals surface area contributed by atoms with Crippen LogP contribution in [-0.2, 0) is 19.1 Å². The summed E-state index contributed by atoms with van der Waals surface area (Å²) < 4.78 is 11.4. The van der Waals surface area contributed by atoms with Gasteiger partial charge in [-0.1, -0.05) is 25.5 Å². The highest BCUT2D eigenvalue weighted by molar-refractivity contribution is 5.79. The van der Waals surface area contributed by atoms with Crippen LogP contribution >= 0.6 is 0 Å². The average Bonchev–Trinajstić information content (AvgIpc) is 3.02. The quantitative estimate of drug-likeness (QED) is 0.413. The number of carbonyl (C=O) groups excluding carboxylic acids is 2. The molecular formula is C27H42O4. The Bertz CT molecular complexity index is 762. The summed E-state index contributed by atoms with van der Waals surface area (Å²) in [6.07, 6.45) is 11.6. The first-order valence-corrected chi connectivity index (χ1v) is 12.5. The lowest BCUT2D eigenvalue weighted by Crippen LogP contribution is -2.51. The molecule has 4 heteroatoms. The van der Waals surface area contributed by atoms with Gasteiger partial charge in [0, 0.05) is 5.92 Å². The fourth-order valence-corrected chi connectivity index (χ4v) is 7.99. The molecule has 0 N–H and O–H groups in total. The van der Waals surface area contributed by atoms with Gasteiger partial charge in [-0.15, -0.1) is 0 Å². The number of carbonyl (C=O) groups is 2. The minimum Gasteiger partial charge on any atom is -0.458 e. The van der Waals surface area contributed by atoms with E-state index in [4.69, 9.17) is 9.47 Å². The van der Waals surface area contributed by atoms with Crippen LogP contribution < -0.4 is 0 Å². The molecule has 5 unspecified atom stereocenters. The lowest BCUT2D eigenvalue weighted by molar-refractivity contribution is -0.163. The Labute approximate surface area is 188 Å². The van der Waals surface area contributed by atoms with Crippen LogP contribution in [0.3, 0.4) is 0 Å². The van der Waals surface area contributed by atoms with Crippen LogP contribution in [0.2, 0.25) is 0 Å². The number of ether oxygens (including phenoxy) is 2. The lowest BCUT2D eigenvalue weighted by atomic mass is 9.47. The molecule has 31 heavy (non-hydrogen) atoms. The number of ketones is 1. The molecular weight excluding hydrogens is 388 g/mol. The summed E-state index contributed by atoms with van der Waals surface area (Å²) >= 11 is 0. The van der Waals surface area contributed by atoms with Gasteiger partial charge in [0.2, 0.25) is 0 Å². The number of esters is 1. The van der Waals surface area contributed by atoms with Crippen LogP contribution in [0, 0.1) is 34.5 Å². The Balaban J connectivity index is 1.43. The van der Waals surface area contributed by atoms with Crippen molar-refractivity contribution in [3.8, 4) is 0 Å². The molecule has 0 bridgehead atoms. The number of hydrogen-bond donors (Lipinski definition) is 0. The zero-order valence-corrected chi connectivity index (χ0v) is 20.5. The molecule has 174 valence electrons. The summed E-state index contributed by atoms with van der Waals surface area (Å²) in [7, 11) is 0. The van der Waals surface area contributed by atoms with Crippen molar-refractivity contribution in [2.24, 2.45) is 34.5 Å². The highest BCUT2D eigenvalue weighted by Gasteiger charge is 2.59. The van der Waals surface area contributed by atoms with Gasteiger partial charge in [0.15, 0.2) is 0 Å². The van der Waals surface area contributed by atoms with E-state index in [0.717, 1.165) is 43.9 Å². The Hall–Kier alpha value is -1.16. The molecule has 4 aliphatic rings. The second-order valence-electron chi connectivity index (χ2n) is 12.3. The molecule has 4 aliphatic carbocycles. The van der Waals surface area contributed by atoms with Gasteiger partial charge in [-0.2, -0.15) is 0 Å². The molecule has 0 radical (unpaired) electrons. The van der Waals surface area contributed by atoms with Crippen molar-refractivity contribution in [1.29, 1.82) is 0 Å². The SMILES string of the molecule is CC(=O)C1CCC2C3CC=C4CC(OCC(=O)OC(C)(C)C)CC[C@]4(C)C3CC[C@]12C. The monoisotopic (exact) mass is 430 g/mol. The number of allylic oxidation sites excluding steroid dienone is 1. The van der Waals surface area contributed by atoms with E-state index in [-0.39, 0.29) is 35.4 Å². The molecule has 0 spiro atoms. The van der Waals surface area contributed by atoms with E-state index in [2.05, 4.69) is 19.9 Å². The molecule has 0 aliphatic heterocycles. The van der Waals surface area contributed by atoms with Crippen LogP contribution in [0.25, 0.3) is 0 Å². The molecule has 3 fully saturated rings. The van der Waals surface area contributed by atoms with E-state index in [1.54, 1.807) is 5.57 Å². The first-order valence-electron chi connectivity index (χ1n) is 12.5. The maximum atomic E-state index is 12.3. The van der Waals surface area contributed by atoms with Crippen molar-refractivity contribution in [3.05, 3.63) is 11.6 Å².